The fourth-order valence-corrected chi connectivity index (χ4v) is 2.76. The predicted octanol–water partition coefficient (Wildman–Crippen LogP) is 0.00520. The molecule has 0 amide bonds. The number of rotatable bonds is 19. The monoisotopic (exact) mass is 689 g/mol. The first kappa shape index (κ1) is 55.9. The fourth-order valence-electron chi connectivity index (χ4n) is 2.25. The smallest absolute Gasteiger partial charge is 0.550 e. The van der Waals surface area contributed by atoms with Crippen molar-refractivity contribution in [2.45, 2.75) is 139 Å². The molecule has 0 unspecified atom stereocenters. The van der Waals surface area contributed by atoms with Crippen molar-refractivity contribution in [3.05, 3.63) is 0 Å². The molecule has 16 heteroatoms. The summed E-state index contributed by atoms with van der Waals surface area (Å²) < 4.78 is 14.9. The third-order valence-electron chi connectivity index (χ3n) is 3.97. The molecule has 46 heavy (non-hydrogen) atoms. The number of carbonyl (C=O) groups excluding carboxylic acids is 8. The van der Waals surface area contributed by atoms with E-state index in [4.69, 9.17) is 7.58 Å². The van der Waals surface area contributed by atoms with Crippen LogP contribution in [0.15, 0.2) is 0 Å². The number of esters is 1. The summed E-state index contributed by atoms with van der Waals surface area (Å²) in [5.74, 6) is -5.21. The minimum atomic E-state index is -1.28. The summed E-state index contributed by atoms with van der Waals surface area (Å²) in [5.41, 5.74) is 0. The van der Waals surface area contributed by atoms with E-state index in [1.54, 1.807) is 6.92 Å². The van der Waals surface area contributed by atoms with Crippen molar-refractivity contribution in [2.24, 2.45) is 0 Å². The summed E-state index contributed by atoms with van der Waals surface area (Å²) in [6, 6.07) is 0. The number of aliphatic carboxylic acids is 3. The summed E-state index contributed by atoms with van der Waals surface area (Å²) in [6.07, 6.45) is 2.32. The van der Waals surface area contributed by atoms with E-state index < -0.39 is 43.1 Å². The first-order valence-electron chi connectivity index (χ1n) is 14.7. The molecule has 0 saturated carbocycles. The van der Waals surface area contributed by atoms with Crippen LogP contribution in [0.5, 0.6) is 0 Å². The van der Waals surface area contributed by atoms with Gasteiger partial charge in [0.25, 0.3) is 0 Å². The molecule has 0 N–H and O–H groups in total. The molecule has 0 saturated heterocycles. The Morgan fingerprint density at radius 1 is 0.565 bits per heavy atom. The van der Waals surface area contributed by atoms with Crippen molar-refractivity contribution in [2.75, 3.05) is 6.61 Å². The van der Waals surface area contributed by atoms with Crippen LogP contribution in [0.25, 0.3) is 0 Å². The molecule has 260 valence electrons. The molecule has 0 bridgehead atoms. The van der Waals surface area contributed by atoms with Crippen LogP contribution >= 0.6 is 0 Å². The Kier molecular flexibility index (Phi) is 49.3. The van der Waals surface area contributed by atoms with Crippen LogP contribution in [0.2, 0.25) is 0 Å². The first-order chi connectivity index (χ1) is 20.8. The number of ketones is 4. The van der Waals surface area contributed by atoms with E-state index in [-0.39, 0.29) is 62.8 Å². The largest absolute Gasteiger partial charge is 3.00 e. The molecule has 0 fully saturated rings. The van der Waals surface area contributed by atoms with E-state index in [9.17, 15) is 53.7 Å². The molecule has 14 nitrogen and oxygen atoms in total. The maximum absolute atomic E-state index is 10.4. The van der Waals surface area contributed by atoms with Crippen LogP contribution in [0.4, 0.5) is 0 Å². The minimum absolute atomic E-state index is 0. The van der Waals surface area contributed by atoms with Crippen molar-refractivity contribution < 1.29 is 66.0 Å². The maximum atomic E-state index is 10.4. The quantitative estimate of drug-likeness (QED) is 0.0987. The molecule has 0 radical (unpaired) electrons. The molecule has 0 aliphatic heterocycles. The summed E-state index contributed by atoms with van der Waals surface area (Å²) in [5, 5.41) is 29.3. The third kappa shape index (κ3) is 68.6. The van der Waals surface area contributed by atoms with Gasteiger partial charge in [-0.3, -0.25) is 24.0 Å². The third-order valence-corrected chi connectivity index (χ3v) is 5.28. The molecule has 0 aliphatic rings. The Balaban J connectivity index is -0.000000108. The number of hydrogen-bond donors (Lipinski definition) is 0. The Hall–Kier alpha value is -2.46. The molecule has 0 heterocycles. The van der Waals surface area contributed by atoms with Gasteiger partial charge < -0.3 is 34.4 Å². The van der Waals surface area contributed by atoms with Crippen molar-refractivity contribution in [1.29, 1.82) is 0 Å². The second-order valence-electron chi connectivity index (χ2n) is 9.66. The Labute approximate surface area is 290 Å². The molecule has 0 rings (SSSR count). The van der Waals surface area contributed by atoms with E-state index in [0.717, 1.165) is 0 Å². The fraction of sp³-hybridized carbons (Fsp3) is 0.733. The molecule has 0 aromatic carbocycles. The van der Waals surface area contributed by atoms with Gasteiger partial charge in [0.2, 0.25) is 0 Å². The Bertz CT molecular complexity index is 731. The zero-order valence-corrected chi connectivity index (χ0v) is 31.1. The minimum Gasteiger partial charge on any atom is -0.550 e. The van der Waals surface area contributed by atoms with E-state index in [2.05, 4.69) is 4.74 Å². The van der Waals surface area contributed by atoms with Gasteiger partial charge in [-0.1, -0.05) is 20.8 Å². The van der Waals surface area contributed by atoms with Gasteiger partial charge in [-0.15, -0.1) is 0 Å². The summed E-state index contributed by atoms with van der Waals surface area (Å²) in [7, 11) is 0. The van der Waals surface area contributed by atoms with Gasteiger partial charge >= 0.3 is 86.7 Å². The van der Waals surface area contributed by atoms with Crippen LogP contribution < -0.4 is 15.3 Å². The van der Waals surface area contributed by atoms with Crippen molar-refractivity contribution in [1.82, 2.24) is 0 Å². The summed E-state index contributed by atoms with van der Waals surface area (Å²) >= 11 is -0.245. The van der Waals surface area contributed by atoms with Gasteiger partial charge in [0, 0.05) is 56.4 Å². The molecular formula is C30H51Al2O14+. The molecule has 0 spiro atoms. The van der Waals surface area contributed by atoms with E-state index >= 15 is 0 Å². The summed E-state index contributed by atoms with van der Waals surface area (Å²) in [6.45, 7) is 16.9. The molecule has 0 aromatic rings. The standard InChI is InChI=1S/4C6H10O3.2C3H7O.2Al/c1-3-9-6(8)4-5(2)7;3*1-2-3-5(7)4-6(8)9;2*1-3(2)4;;/h3-4H2,1-2H3;3*2-4H2,1H3,(H,8,9);2*3H,1-2H3;;/q;;;;2*-1;2*+3/p-3. The predicted molar refractivity (Wildman–Crippen MR) is 164 cm³/mol. The van der Waals surface area contributed by atoms with Gasteiger partial charge in [0.15, 0.2) is 0 Å². The molecule has 0 aromatic heterocycles. The van der Waals surface area contributed by atoms with Crippen LogP contribution in [-0.4, -0.2) is 99.1 Å². The first-order valence-corrected chi connectivity index (χ1v) is 15.7. The number of ether oxygens (including phenoxy) is 1. The van der Waals surface area contributed by atoms with Crippen LogP contribution in [0.3, 0.4) is 0 Å². The summed E-state index contributed by atoms with van der Waals surface area (Å²) in [4.78, 5) is 81.2. The average Bonchev–Trinajstić information content (AvgIpc) is 2.84. The van der Waals surface area contributed by atoms with Gasteiger partial charge in [-0.2, -0.15) is 0 Å². The van der Waals surface area contributed by atoms with Crippen molar-refractivity contribution >= 4 is 80.3 Å². The molecule has 0 aliphatic carbocycles. The molecule has 0 atom stereocenters. The number of carboxylic acids is 3. The van der Waals surface area contributed by atoms with Crippen LogP contribution in [0.1, 0.15) is 127 Å². The van der Waals surface area contributed by atoms with Crippen molar-refractivity contribution in [3.63, 3.8) is 0 Å². The van der Waals surface area contributed by atoms with Gasteiger partial charge in [0.05, 0.1) is 6.61 Å². The second-order valence-corrected chi connectivity index (χ2v) is 10.4. The van der Waals surface area contributed by atoms with E-state index in [0.29, 0.717) is 57.3 Å². The number of carboxylic acid groups (broad SMARTS) is 3. The number of Topliss-reactive ketones (excluding diaryl/α,β-unsaturated/α-hetero) is 4. The Morgan fingerprint density at radius 3 is 1.02 bits per heavy atom. The van der Waals surface area contributed by atoms with Gasteiger partial charge in [-0.25, -0.2) is 0 Å². The Morgan fingerprint density at radius 2 is 0.848 bits per heavy atom. The number of hydrogen-bond acceptors (Lipinski definition) is 14. The maximum Gasteiger partial charge on any atom is 3.00 e. The topological polar surface area (TPSA) is 233 Å². The van der Waals surface area contributed by atoms with Gasteiger partial charge in [0.1, 0.15) is 29.6 Å². The van der Waals surface area contributed by atoms with Crippen LogP contribution in [0, 0.1) is 0 Å². The van der Waals surface area contributed by atoms with E-state index in [1.807, 2.05) is 48.5 Å². The second kappa shape index (κ2) is 40.6. The van der Waals surface area contributed by atoms with E-state index in [1.165, 1.54) is 6.92 Å². The average molecular weight is 690 g/mol. The van der Waals surface area contributed by atoms with Gasteiger partial charge in [-0.05, 0) is 33.1 Å². The number of carbonyl (C=O) groups is 8. The zero-order chi connectivity index (χ0) is 36.4. The SMILES string of the molecule is CC(C)[O][Al+][O]C(C)C.CCCC(=O)CC(=O)[O-].CCCC(=O)CC(=O)[O-].CCCC(=O)CC(=O)[O-].CCOC(=O)CC(C)=O.[Al+3]. The molecular weight excluding hydrogens is 638 g/mol. The van der Waals surface area contributed by atoms with Crippen LogP contribution in [-0.2, 0) is 50.7 Å². The zero-order valence-electron chi connectivity index (χ0n) is 28.8. The van der Waals surface area contributed by atoms with Crippen molar-refractivity contribution in [3.8, 4) is 0 Å². The normalized spacial score (nSPS) is 9.02.